The molecule has 0 saturated carbocycles. The number of phenolic OH excluding ortho intramolecular Hbond substituents is 2. The lowest BCUT2D eigenvalue weighted by Crippen LogP contribution is -2.09. The number of carbonyl (C=O) groups is 1. The summed E-state index contributed by atoms with van der Waals surface area (Å²) in [5.74, 6) is -0.522. The van der Waals surface area contributed by atoms with Crippen LogP contribution in [0.2, 0.25) is 0 Å². The van der Waals surface area contributed by atoms with Crippen LogP contribution < -0.4 is 0 Å². The summed E-state index contributed by atoms with van der Waals surface area (Å²) in [7, 11) is 0. The average Bonchev–Trinajstić information content (AvgIpc) is 2.82. The lowest BCUT2D eigenvalue weighted by molar-refractivity contribution is -0.136. The van der Waals surface area contributed by atoms with Crippen LogP contribution in [0.5, 0.6) is 11.5 Å². The maximum absolute atomic E-state index is 11.4. The molecule has 0 aliphatic carbocycles. The summed E-state index contributed by atoms with van der Waals surface area (Å²) >= 11 is 0. The fourth-order valence-corrected chi connectivity index (χ4v) is 3.48. The molecule has 5 nitrogen and oxygen atoms in total. The highest BCUT2D eigenvalue weighted by Crippen LogP contribution is 2.36. The van der Waals surface area contributed by atoms with Gasteiger partial charge in [0.2, 0.25) is 0 Å². The standard InChI is InChI=1S/C20H21NO4/c1-12(2)19-16(10-18(24)25)15-7-4-8-17(23)20(15)21(19)11-13-5-3-6-14(22)9-13/h3-9,12,22-23H,10-11H2,1-2H3,(H,24,25). The Morgan fingerprint density at radius 2 is 1.84 bits per heavy atom. The first-order chi connectivity index (χ1) is 11.9. The third-order valence-electron chi connectivity index (χ3n) is 4.34. The molecule has 0 fully saturated rings. The molecule has 25 heavy (non-hydrogen) atoms. The largest absolute Gasteiger partial charge is 0.508 e. The van der Waals surface area contributed by atoms with Gasteiger partial charge in [-0.1, -0.05) is 38.1 Å². The third-order valence-corrected chi connectivity index (χ3v) is 4.34. The van der Waals surface area contributed by atoms with Crippen molar-refractivity contribution in [2.75, 3.05) is 0 Å². The van der Waals surface area contributed by atoms with E-state index in [0.717, 1.165) is 22.2 Å². The molecule has 0 saturated heterocycles. The molecule has 3 rings (SSSR count). The van der Waals surface area contributed by atoms with Crippen LogP contribution in [0.4, 0.5) is 0 Å². The van der Waals surface area contributed by atoms with Gasteiger partial charge in [0.1, 0.15) is 11.5 Å². The van der Waals surface area contributed by atoms with Gasteiger partial charge < -0.3 is 19.9 Å². The molecule has 3 aromatic rings. The van der Waals surface area contributed by atoms with E-state index in [1.807, 2.05) is 30.5 Å². The predicted octanol–water partition coefficient (Wildman–Crippen LogP) is 3.85. The number of nitrogens with zero attached hydrogens (tertiary/aromatic N) is 1. The first kappa shape index (κ1) is 16.9. The normalized spacial score (nSPS) is 11.3. The molecular weight excluding hydrogens is 318 g/mol. The Balaban J connectivity index is 2.28. The fraction of sp³-hybridized carbons (Fsp3) is 0.250. The van der Waals surface area contributed by atoms with Crippen LogP contribution in [0.15, 0.2) is 42.5 Å². The number of fused-ring (bicyclic) bond motifs is 1. The van der Waals surface area contributed by atoms with Crippen LogP contribution >= 0.6 is 0 Å². The number of carboxylic acid groups (broad SMARTS) is 1. The maximum atomic E-state index is 11.4. The van der Waals surface area contributed by atoms with Crippen LogP contribution in [0.25, 0.3) is 10.9 Å². The number of hydrogen-bond donors (Lipinski definition) is 3. The molecule has 1 aromatic heterocycles. The molecule has 0 atom stereocenters. The summed E-state index contributed by atoms with van der Waals surface area (Å²) in [5.41, 5.74) is 3.13. The van der Waals surface area contributed by atoms with Gasteiger partial charge in [-0.3, -0.25) is 4.79 Å². The minimum absolute atomic E-state index is 0.0819. The summed E-state index contributed by atoms with van der Waals surface area (Å²) in [6.45, 7) is 4.46. The van der Waals surface area contributed by atoms with Crippen LogP contribution in [0.1, 0.15) is 36.6 Å². The number of para-hydroxylation sites is 1. The molecule has 0 unspecified atom stereocenters. The van der Waals surface area contributed by atoms with E-state index in [2.05, 4.69) is 0 Å². The van der Waals surface area contributed by atoms with Crippen molar-refractivity contribution in [2.45, 2.75) is 32.7 Å². The first-order valence-corrected chi connectivity index (χ1v) is 8.21. The molecule has 0 aliphatic heterocycles. The van der Waals surface area contributed by atoms with Crippen molar-refractivity contribution < 1.29 is 20.1 Å². The molecular formula is C20H21NO4. The number of aliphatic carboxylic acids is 1. The number of hydrogen-bond acceptors (Lipinski definition) is 3. The number of aromatic nitrogens is 1. The van der Waals surface area contributed by atoms with Gasteiger partial charge in [0.05, 0.1) is 11.9 Å². The van der Waals surface area contributed by atoms with Gasteiger partial charge in [0, 0.05) is 17.6 Å². The number of carboxylic acids is 1. The number of benzene rings is 2. The van der Waals surface area contributed by atoms with Gasteiger partial charge >= 0.3 is 5.97 Å². The van der Waals surface area contributed by atoms with Gasteiger partial charge in [0.25, 0.3) is 0 Å². The summed E-state index contributed by atoms with van der Waals surface area (Å²) in [6, 6.07) is 12.1. The second-order valence-corrected chi connectivity index (χ2v) is 6.52. The third kappa shape index (κ3) is 3.18. The zero-order valence-corrected chi connectivity index (χ0v) is 14.2. The molecule has 0 amide bonds. The van der Waals surface area contributed by atoms with Crippen LogP contribution in [-0.4, -0.2) is 25.9 Å². The van der Waals surface area contributed by atoms with Crippen LogP contribution in [0, 0.1) is 0 Å². The Kier molecular flexibility index (Phi) is 4.40. The fourth-order valence-electron chi connectivity index (χ4n) is 3.48. The molecule has 1 heterocycles. The molecule has 0 radical (unpaired) electrons. The van der Waals surface area contributed by atoms with Crippen molar-refractivity contribution in [1.82, 2.24) is 4.57 Å². The molecule has 0 spiro atoms. The van der Waals surface area contributed by atoms with E-state index in [1.165, 1.54) is 0 Å². The van der Waals surface area contributed by atoms with Gasteiger partial charge in [-0.25, -0.2) is 0 Å². The van der Waals surface area contributed by atoms with Gasteiger partial charge in [-0.2, -0.15) is 0 Å². The molecule has 3 N–H and O–H groups in total. The Bertz CT molecular complexity index is 940. The van der Waals surface area contributed by atoms with E-state index in [0.29, 0.717) is 12.1 Å². The monoisotopic (exact) mass is 339 g/mol. The SMILES string of the molecule is CC(C)c1c(CC(=O)O)c2cccc(O)c2n1Cc1cccc(O)c1. The number of rotatable bonds is 5. The Morgan fingerprint density at radius 3 is 2.48 bits per heavy atom. The van der Waals surface area contributed by atoms with E-state index in [1.54, 1.807) is 30.3 Å². The minimum Gasteiger partial charge on any atom is -0.508 e. The molecule has 5 heteroatoms. The van der Waals surface area contributed by atoms with Crippen molar-refractivity contribution in [1.29, 1.82) is 0 Å². The molecule has 2 aromatic carbocycles. The van der Waals surface area contributed by atoms with Gasteiger partial charge in [-0.15, -0.1) is 0 Å². The van der Waals surface area contributed by atoms with Gasteiger partial charge in [0.15, 0.2) is 0 Å². The Labute approximate surface area is 145 Å². The Hall–Kier alpha value is -2.95. The topological polar surface area (TPSA) is 82.7 Å². The smallest absolute Gasteiger partial charge is 0.307 e. The van der Waals surface area contributed by atoms with E-state index in [4.69, 9.17) is 0 Å². The van der Waals surface area contributed by atoms with Crippen LogP contribution in [0.3, 0.4) is 0 Å². The minimum atomic E-state index is -0.901. The lowest BCUT2D eigenvalue weighted by Gasteiger charge is -2.15. The molecule has 0 aliphatic rings. The zero-order valence-electron chi connectivity index (χ0n) is 14.2. The van der Waals surface area contributed by atoms with Crippen molar-refractivity contribution in [2.24, 2.45) is 0 Å². The van der Waals surface area contributed by atoms with E-state index >= 15 is 0 Å². The highest BCUT2D eigenvalue weighted by Gasteiger charge is 2.23. The summed E-state index contributed by atoms with van der Waals surface area (Å²) in [4.78, 5) is 11.4. The highest BCUT2D eigenvalue weighted by molar-refractivity contribution is 5.93. The van der Waals surface area contributed by atoms with Crippen molar-refractivity contribution in [3.63, 3.8) is 0 Å². The number of phenols is 2. The lowest BCUT2D eigenvalue weighted by atomic mass is 10.0. The average molecular weight is 339 g/mol. The quantitative estimate of drug-likeness (QED) is 0.659. The predicted molar refractivity (Wildman–Crippen MR) is 96.2 cm³/mol. The van der Waals surface area contributed by atoms with Gasteiger partial charge in [-0.05, 0) is 35.2 Å². The second-order valence-electron chi connectivity index (χ2n) is 6.52. The molecule has 0 bridgehead atoms. The Morgan fingerprint density at radius 1 is 1.12 bits per heavy atom. The van der Waals surface area contributed by atoms with E-state index < -0.39 is 5.97 Å². The maximum Gasteiger partial charge on any atom is 0.307 e. The second kappa shape index (κ2) is 6.51. The summed E-state index contributed by atoms with van der Waals surface area (Å²) in [5, 5.41) is 30.2. The first-order valence-electron chi connectivity index (χ1n) is 8.21. The van der Waals surface area contributed by atoms with Crippen molar-refractivity contribution in [3.8, 4) is 11.5 Å². The highest BCUT2D eigenvalue weighted by atomic mass is 16.4. The molecule has 130 valence electrons. The summed E-state index contributed by atoms with van der Waals surface area (Å²) in [6.07, 6.45) is -0.0967. The summed E-state index contributed by atoms with van der Waals surface area (Å²) < 4.78 is 1.96. The van der Waals surface area contributed by atoms with E-state index in [-0.39, 0.29) is 23.8 Å². The zero-order chi connectivity index (χ0) is 18.1. The van der Waals surface area contributed by atoms with E-state index in [9.17, 15) is 20.1 Å². The van der Waals surface area contributed by atoms with Crippen molar-refractivity contribution in [3.05, 3.63) is 59.3 Å². The number of aromatic hydroxyl groups is 2. The van der Waals surface area contributed by atoms with Crippen molar-refractivity contribution >= 4 is 16.9 Å². The van der Waals surface area contributed by atoms with Crippen LogP contribution in [-0.2, 0) is 17.8 Å².